The van der Waals surface area contributed by atoms with Gasteiger partial charge in [0.15, 0.2) is 5.82 Å². The van der Waals surface area contributed by atoms with Crippen LogP contribution in [0.3, 0.4) is 0 Å². The normalized spacial score (nSPS) is 36.3. The van der Waals surface area contributed by atoms with Crippen molar-refractivity contribution in [1.82, 2.24) is 15.4 Å². The Hall–Kier alpha value is -2.68. The smallest absolute Gasteiger partial charge is 0.246 e. The van der Waals surface area contributed by atoms with Gasteiger partial charge in [-0.05, 0) is 32.6 Å². The summed E-state index contributed by atoms with van der Waals surface area (Å²) in [6.45, 7) is 1.74. The first kappa shape index (κ1) is 19.0. The van der Waals surface area contributed by atoms with Gasteiger partial charge in [0.2, 0.25) is 17.7 Å². The third kappa shape index (κ3) is 2.78. The number of nitrogens with one attached hydrogen (secondary N) is 2. The zero-order valence-electron chi connectivity index (χ0n) is 17.4. The second-order valence-electron chi connectivity index (χ2n) is 9.48. The van der Waals surface area contributed by atoms with Crippen molar-refractivity contribution in [1.29, 1.82) is 0 Å². The highest BCUT2D eigenvalue weighted by Gasteiger charge is 2.74. The van der Waals surface area contributed by atoms with E-state index in [9.17, 15) is 14.4 Å². The van der Waals surface area contributed by atoms with Crippen LogP contribution in [-0.4, -0.2) is 57.6 Å². The summed E-state index contributed by atoms with van der Waals surface area (Å²) in [6, 6.07) is 1.09. The number of aromatic nitrogens is 1. The van der Waals surface area contributed by atoms with Crippen LogP contribution in [0.25, 0.3) is 0 Å². The molecule has 2 bridgehead atoms. The van der Waals surface area contributed by atoms with Crippen molar-refractivity contribution in [2.75, 3.05) is 5.32 Å². The highest BCUT2D eigenvalue weighted by Crippen LogP contribution is 2.57. The monoisotopic (exact) mass is 426 g/mol. The molecule has 5 atom stereocenters. The molecule has 2 N–H and O–H groups in total. The molecular weight excluding hydrogens is 400 g/mol. The fourth-order valence-corrected chi connectivity index (χ4v) is 5.94. The van der Waals surface area contributed by atoms with E-state index in [1.165, 1.54) is 0 Å². The molecule has 1 aromatic heterocycles. The maximum absolute atomic E-state index is 13.6. The van der Waals surface area contributed by atoms with E-state index in [1.54, 1.807) is 17.9 Å². The first-order chi connectivity index (χ1) is 15.0. The molecule has 0 aromatic carbocycles. The van der Waals surface area contributed by atoms with Crippen LogP contribution in [0.4, 0.5) is 5.82 Å². The molecule has 31 heavy (non-hydrogen) atoms. The van der Waals surface area contributed by atoms with Gasteiger partial charge >= 0.3 is 0 Å². The number of aryl methyl sites for hydroxylation is 1. The van der Waals surface area contributed by atoms with Gasteiger partial charge in [0, 0.05) is 18.2 Å². The van der Waals surface area contributed by atoms with Gasteiger partial charge in [0.1, 0.15) is 17.4 Å². The lowest BCUT2D eigenvalue weighted by atomic mass is 9.74. The van der Waals surface area contributed by atoms with E-state index in [4.69, 9.17) is 9.26 Å². The molecule has 2 saturated heterocycles. The molecule has 5 aliphatic rings. The van der Waals surface area contributed by atoms with Crippen LogP contribution in [0.5, 0.6) is 0 Å². The number of likely N-dealkylation sites (tertiary alicyclic amines) is 1. The fraction of sp³-hybridized carbons (Fsp3) is 0.636. The first-order valence-electron chi connectivity index (χ1n) is 11.2. The number of anilines is 1. The first-order valence-corrected chi connectivity index (χ1v) is 11.2. The molecular formula is C22H26N4O5. The number of ether oxygens (including phenoxy) is 1. The van der Waals surface area contributed by atoms with E-state index in [-0.39, 0.29) is 29.8 Å². The van der Waals surface area contributed by atoms with Gasteiger partial charge in [0.25, 0.3) is 0 Å². The van der Waals surface area contributed by atoms with E-state index in [0.29, 0.717) is 11.6 Å². The summed E-state index contributed by atoms with van der Waals surface area (Å²) in [6.07, 6.45) is 9.05. The standard InChI is InChI=1S/C22H26N4O5/c1-11-10-15(25-31-11)24-19(27)16-14-8-9-22(30-14)17(16)21(29)26(13-6-7-13)18(22)20(28)23-12-4-2-3-5-12/h8-10,12-14,16-18H,2-7H2,1H3,(H,23,28)(H,24,25,27)/t14-,16-,17-,18+,22-/m1/s1. The average molecular weight is 426 g/mol. The predicted molar refractivity (Wildman–Crippen MR) is 108 cm³/mol. The third-order valence-corrected chi connectivity index (χ3v) is 7.38. The Morgan fingerprint density at radius 3 is 2.65 bits per heavy atom. The molecule has 0 unspecified atom stereocenters. The number of carbonyl (C=O) groups excluding carboxylic acids is 3. The van der Waals surface area contributed by atoms with Crippen molar-refractivity contribution in [2.24, 2.45) is 11.8 Å². The molecule has 9 heteroatoms. The third-order valence-electron chi connectivity index (χ3n) is 7.38. The second-order valence-corrected chi connectivity index (χ2v) is 9.48. The summed E-state index contributed by atoms with van der Waals surface area (Å²) in [7, 11) is 0. The number of carbonyl (C=O) groups is 3. The summed E-state index contributed by atoms with van der Waals surface area (Å²) >= 11 is 0. The number of hydrogen-bond donors (Lipinski definition) is 2. The highest BCUT2D eigenvalue weighted by molar-refractivity contribution is 6.02. The van der Waals surface area contributed by atoms with Crippen molar-refractivity contribution in [3.63, 3.8) is 0 Å². The summed E-state index contributed by atoms with van der Waals surface area (Å²) < 4.78 is 11.3. The highest BCUT2D eigenvalue weighted by atomic mass is 16.5. The molecule has 0 radical (unpaired) electrons. The molecule has 3 aliphatic heterocycles. The Labute approximate surface area is 179 Å². The minimum Gasteiger partial charge on any atom is -0.360 e. The number of amides is 3. The Balaban J connectivity index is 1.31. The maximum Gasteiger partial charge on any atom is 0.246 e. The number of nitrogens with zero attached hydrogens (tertiary/aromatic N) is 2. The Morgan fingerprint density at radius 2 is 1.97 bits per heavy atom. The van der Waals surface area contributed by atoms with Crippen molar-refractivity contribution >= 4 is 23.5 Å². The molecule has 164 valence electrons. The number of hydrogen-bond acceptors (Lipinski definition) is 6. The summed E-state index contributed by atoms with van der Waals surface area (Å²) in [5.74, 6) is -1.18. The molecule has 3 amide bonds. The lowest BCUT2D eigenvalue weighted by Gasteiger charge is -2.33. The molecule has 4 fully saturated rings. The minimum atomic E-state index is -1.09. The van der Waals surface area contributed by atoms with E-state index >= 15 is 0 Å². The van der Waals surface area contributed by atoms with Crippen LogP contribution >= 0.6 is 0 Å². The molecule has 9 nitrogen and oxygen atoms in total. The van der Waals surface area contributed by atoms with Gasteiger partial charge < -0.3 is 24.8 Å². The number of rotatable bonds is 5. The van der Waals surface area contributed by atoms with Gasteiger partial charge in [0.05, 0.1) is 17.9 Å². The lowest BCUT2D eigenvalue weighted by Crippen LogP contribution is -2.56. The van der Waals surface area contributed by atoms with Gasteiger partial charge in [-0.15, -0.1) is 0 Å². The topological polar surface area (TPSA) is 114 Å². The number of fused-ring (bicyclic) bond motifs is 1. The fourth-order valence-electron chi connectivity index (χ4n) is 5.94. The van der Waals surface area contributed by atoms with Gasteiger partial charge in [-0.1, -0.05) is 30.2 Å². The average Bonchev–Trinajstić information content (AvgIpc) is 3.14. The van der Waals surface area contributed by atoms with Gasteiger partial charge in [-0.2, -0.15) is 0 Å². The van der Waals surface area contributed by atoms with Crippen LogP contribution in [0.2, 0.25) is 0 Å². The Bertz CT molecular complexity index is 978. The molecule has 6 rings (SSSR count). The Kier molecular flexibility index (Phi) is 4.09. The van der Waals surface area contributed by atoms with Crippen LogP contribution in [0, 0.1) is 18.8 Å². The van der Waals surface area contributed by atoms with E-state index in [2.05, 4.69) is 15.8 Å². The molecule has 2 aliphatic carbocycles. The molecule has 1 aromatic rings. The van der Waals surface area contributed by atoms with E-state index in [1.807, 2.05) is 12.2 Å². The SMILES string of the molecule is Cc1cc(NC(=O)[C@@H]2[C@H]3C=C[C@]4(O3)[C@H](C(=O)NC3CCCC3)N(C3CC3)C(=O)[C@@H]24)no1. The summed E-state index contributed by atoms with van der Waals surface area (Å²) in [5.41, 5.74) is -1.09. The van der Waals surface area contributed by atoms with Crippen molar-refractivity contribution in [2.45, 2.75) is 75.3 Å². The maximum atomic E-state index is 13.6. The van der Waals surface area contributed by atoms with E-state index in [0.717, 1.165) is 38.5 Å². The van der Waals surface area contributed by atoms with Crippen LogP contribution in [-0.2, 0) is 19.1 Å². The van der Waals surface area contributed by atoms with Crippen LogP contribution < -0.4 is 10.6 Å². The van der Waals surface area contributed by atoms with Crippen molar-refractivity contribution < 1.29 is 23.6 Å². The Morgan fingerprint density at radius 1 is 1.19 bits per heavy atom. The van der Waals surface area contributed by atoms with Gasteiger partial charge in [-0.25, -0.2) is 0 Å². The summed E-state index contributed by atoms with van der Waals surface area (Å²) in [4.78, 5) is 41.9. The van der Waals surface area contributed by atoms with Gasteiger partial charge in [-0.3, -0.25) is 14.4 Å². The minimum absolute atomic E-state index is 0.0461. The summed E-state index contributed by atoms with van der Waals surface area (Å²) in [5, 5.41) is 9.73. The predicted octanol–water partition coefficient (Wildman–Crippen LogP) is 1.29. The largest absolute Gasteiger partial charge is 0.360 e. The zero-order valence-corrected chi connectivity index (χ0v) is 17.4. The van der Waals surface area contributed by atoms with Crippen LogP contribution in [0.1, 0.15) is 44.3 Å². The zero-order chi connectivity index (χ0) is 21.3. The van der Waals surface area contributed by atoms with E-state index < -0.39 is 29.6 Å². The van der Waals surface area contributed by atoms with Crippen molar-refractivity contribution in [3.8, 4) is 0 Å². The molecule has 1 spiro atoms. The second kappa shape index (κ2) is 6.66. The quantitative estimate of drug-likeness (QED) is 0.686. The van der Waals surface area contributed by atoms with Crippen LogP contribution in [0.15, 0.2) is 22.7 Å². The lowest BCUT2D eigenvalue weighted by molar-refractivity contribution is -0.142. The molecule has 4 heterocycles. The van der Waals surface area contributed by atoms with Crippen molar-refractivity contribution in [3.05, 3.63) is 24.0 Å². The molecule has 2 saturated carbocycles.